The molecule has 1 aliphatic heterocycles. The molecule has 4 rings (SSSR count). The summed E-state index contributed by atoms with van der Waals surface area (Å²) in [5, 5.41) is 0.577. The molecular formula is C20H25ClN2O2S3. The first kappa shape index (κ1) is 20.4. The van der Waals surface area contributed by atoms with Gasteiger partial charge in [0.05, 0.1) is 25.9 Å². The highest BCUT2D eigenvalue weighted by atomic mass is 35.5. The fourth-order valence-electron chi connectivity index (χ4n) is 3.41. The number of rotatable bonds is 6. The molecule has 1 aliphatic carbocycles. The van der Waals surface area contributed by atoms with Crippen molar-refractivity contribution in [3.63, 3.8) is 0 Å². The summed E-state index contributed by atoms with van der Waals surface area (Å²) in [6.45, 7) is 6.60. The third-order valence-electron chi connectivity index (χ3n) is 5.48. The summed E-state index contributed by atoms with van der Waals surface area (Å²) in [4.78, 5) is 2.36. The third kappa shape index (κ3) is 4.32. The van der Waals surface area contributed by atoms with E-state index in [9.17, 15) is 8.42 Å². The second kappa shape index (κ2) is 7.74. The molecule has 8 heteroatoms. The molecule has 2 aromatic rings. The monoisotopic (exact) mass is 456 g/mol. The molecule has 0 amide bonds. The minimum absolute atomic E-state index is 0.167. The lowest BCUT2D eigenvalue weighted by Crippen LogP contribution is -2.37. The molecule has 2 fully saturated rings. The van der Waals surface area contributed by atoms with Crippen LogP contribution in [0.15, 0.2) is 38.8 Å². The van der Waals surface area contributed by atoms with E-state index in [1.54, 1.807) is 6.07 Å². The summed E-state index contributed by atoms with van der Waals surface area (Å²) < 4.78 is 29.6. The second-order valence-electron chi connectivity index (χ2n) is 8.31. The van der Waals surface area contributed by atoms with Gasteiger partial charge in [0.25, 0.3) is 0 Å². The minimum Gasteiger partial charge on any atom is -0.369 e. The smallest absolute Gasteiger partial charge is 0.190 e. The number of halogens is 1. The summed E-state index contributed by atoms with van der Waals surface area (Å²) >= 11 is 9.34. The number of hydrogen-bond donors (Lipinski definition) is 1. The van der Waals surface area contributed by atoms with Crippen molar-refractivity contribution in [3.05, 3.63) is 35.4 Å². The third-order valence-corrected chi connectivity index (χ3v) is 10.6. The Morgan fingerprint density at radius 2 is 1.89 bits per heavy atom. The number of para-hydroxylation sites is 1. The van der Waals surface area contributed by atoms with Gasteiger partial charge >= 0.3 is 0 Å². The van der Waals surface area contributed by atoms with Crippen molar-refractivity contribution < 1.29 is 8.42 Å². The zero-order valence-corrected chi connectivity index (χ0v) is 19.3. The van der Waals surface area contributed by atoms with Crippen LogP contribution in [0.2, 0.25) is 5.02 Å². The molecule has 1 saturated carbocycles. The van der Waals surface area contributed by atoms with Crippen molar-refractivity contribution in [1.29, 1.82) is 0 Å². The highest BCUT2D eigenvalue weighted by Gasteiger charge is 2.37. The number of nitrogens with zero attached hydrogens (tertiary/aromatic N) is 1. The van der Waals surface area contributed by atoms with Crippen LogP contribution >= 0.6 is 34.9 Å². The van der Waals surface area contributed by atoms with Gasteiger partial charge in [-0.3, -0.25) is 0 Å². The molecular weight excluding hydrogens is 432 g/mol. The van der Waals surface area contributed by atoms with Crippen molar-refractivity contribution in [3.8, 4) is 0 Å². The van der Waals surface area contributed by atoms with Crippen LogP contribution in [-0.2, 0) is 9.84 Å². The molecule has 28 heavy (non-hydrogen) atoms. The molecule has 0 bridgehead atoms. The van der Waals surface area contributed by atoms with E-state index in [1.807, 2.05) is 24.3 Å². The van der Waals surface area contributed by atoms with E-state index in [4.69, 9.17) is 11.6 Å². The van der Waals surface area contributed by atoms with Crippen molar-refractivity contribution in [2.45, 2.75) is 53.2 Å². The highest BCUT2D eigenvalue weighted by Crippen LogP contribution is 2.42. The molecule has 4 nitrogen and oxygen atoms in total. The maximum absolute atomic E-state index is 12.4. The van der Waals surface area contributed by atoms with Crippen molar-refractivity contribution in [1.82, 2.24) is 0 Å². The van der Waals surface area contributed by atoms with Crippen molar-refractivity contribution in [2.24, 2.45) is 5.41 Å². The van der Waals surface area contributed by atoms with Crippen LogP contribution in [0.1, 0.15) is 39.5 Å². The van der Waals surface area contributed by atoms with E-state index in [-0.39, 0.29) is 5.25 Å². The van der Waals surface area contributed by atoms with E-state index >= 15 is 0 Å². The summed E-state index contributed by atoms with van der Waals surface area (Å²) in [6, 6.07) is 9.51. The predicted octanol–water partition coefficient (Wildman–Crippen LogP) is 6.08. The summed E-state index contributed by atoms with van der Waals surface area (Å²) in [5.74, 6) is 0. The number of piperidine rings is 1. The summed E-state index contributed by atoms with van der Waals surface area (Å²) in [5.41, 5.74) is 2.38. The van der Waals surface area contributed by atoms with Crippen LogP contribution in [-0.4, -0.2) is 26.8 Å². The average molecular weight is 457 g/mol. The largest absolute Gasteiger partial charge is 0.369 e. The lowest BCUT2D eigenvalue weighted by atomic mass is 9.82. The van der Waals surface area contributed by atoms with Crippen LogP contribution < -0.4 is 9.62 Å². The first-order chi connectivity index (χ1) is 13.3. The fourth-order valence-corrected chi connectivity index (χ4v) is 7.89. The van der Waals surface area contributed by atoms with E-state index in [2.05, 4.69) is 23.5 Å². The van der Waals surface area contributed by atoms with Gasteiger partial charge in [-0.25, -0.2) is 8.42 Å². The van der Waals surface area contributed by atoms with Crippen LogP contribution in [0, 0.1) is 5.41 Å². The molecule has 0 unspecified atom stereocenters. The zero-order chi connectivity index (χ0) is 19.9. The Labute approximate surface area is 180 Å². The van der Waals surface area contributed by atoms with E-state index in [1.165, 1.54) is 23.3 Å². The molecule has 2 aliphatic rings. The van der Waals surface area contributed by atoms with Gasteiger partial charge in [0.2, 0.25) is 0 Å². The first-order valence-electron chi connectivity index (χ1n) is 9.56. The molecule has 0 spiro atoms. The zero-order valence-electron chi connectivity index (χ0n) is 16.1. The second-order valence-corrected chi connectivity index (χ2v) is 13.4. The maximum atomic E-state index is 12.4. The topological polar surface area (TPSA) is 49.4 Å². The highest BCUT2D eigenvalue weighted by molar-refractivity contribution is 8.03. The van der Waals surface area contributed by atoms with Gasteiger partial charge in [0.1, 0.15) is 4.21 Å². The number of anilines is 2. The Kier molecular flexibility index (Phi) is 5.64. The number of benzene rings is 1. The lowest BCUT2D eigenvalue weighted by molar-refractivity contribution is 0.280. The summed E-state index contributed by atoms with van der Waals surface area (Å²) in [7, 11) is -3.12. The van der Waals surface area contributed by atoms with Gasteiger partial charge in [-0.2, -0.15) is 0 Å². The average Bonchev–Trinajstić information content (AvgIpc) is 3.40. The Morgan fingerprint density at radius 3 is 2.57 bits per heavy atom. The lowest BCUT2D eigenvalue weighted by Gasteiger charge is -2.39. The number of nitrogens with one attached hydrogen (secondary N) is 1. The fraction of sp³-hybridized carbons (Fsp3) is 0.500. The number of sulfone groups is 1. The Hall–Kier alpha value is -0.890. The predicted molar refractivity (Wildman–Crippen MR) is 121 cm³/mol. The van der Waals surface area contributed by atoms with Crippen LogP contribution in [0.4, 0.5) is 11.4 Å². The van der Waals surface area contributed by atoms with Crippen molar-refractivity contribution in [2.75, 3.05) is 22.7 Å². The van der Waals surface area contributed by atoms with E-state index in [0.29, 0.717) is 9.62 Å². The molecule has 0 radical (unpaired) electrons. The maximum Gasteiger partial charge on any atom is 0.190 e. The van der Waals surface area contributed by atoms with Gasteiger partial charge in [0.15, 0.2) is 9.84 Å². The molecule has 1 saturated heterocycles. The minimum atomic E-state index is -3.12. The first-order valence-corrected chi connectivity index (χ1v) is 13.1. The van der Waals surface area contributed by atoms with Gasteiger partial charge < -0.3 is 9.62 Å². The van der Waals surface area contributed by atoms with Gasteiger partial charge in [-0.15, -0.1) is 11.3 Å². The van der Waals surface area contributed by atoms with Gasteiger partial charge in [-0.1, -0.05) is 31.5 Å². The molecule has 1 aromatic heterocycles. The summed E-state index contributed by atoms with van der Waals surface area (Å²) in [6.07, 6.45) is 3.86. The Bertz CT molecular complexity index is 958. The van der Waals surface area contributed by atoms with Gasteiger partial charge in [-0.05, 0) is 67.3 Å². The Morgan fingerprint density at radius 1 is 1.18 bits per heavy atom. The molecule has 2 heterocycles. The number of hydrogen-bond acceptors (Lipinski definition) is 6. The van der Waals surface area contributed by atoms with Crippen LogP contribution in [0.5, 0.6) is 0 Å². The van der Waals surface area contributed by atoms with Crippen LogP contribution in [0.25, 0.3) is 0 Å². The quantitative estimate of drug-likeness (QED) is 0.533. The normalized spacial score (nSPS) is 19.6. The van der Waals surface area contributed by atoms with E-state index < -0.39 is 9.84 Å². The van der Waals surface area contributed by atoms with Crippen LogP contribution in [0.3, 0.4) is 0 Å². The SMILES string of the molecule is CC1(C)CCN(c2c(Cl)cccc2NSc2ccc(S(=O)(=O)C3CC3)s2)CC1. The molecule has 1 aromatic carbocycles. The molecule has 0 atom stereocenters. The molecule has 152 valence electrons. The van der Waals surface area contributed by atoms with Gasteiger partial charge in [0, 0.05) is 13.1 Å². The van der Waals surface area contributed by atoms with Crippen molar-refractivity contribution >= 4 is 56.1 Å². The number of thiophene rings is 1. The molecule has 1 N–H and O–H groups in total. The van der Waals surface area contributed by atoms with E-state index in [0.717, 1.165) is 59.4 Å². The standard InChI is InChI=1S/C20H25ClN2O2S3/c1-20(2)10-12-23(13-11-20)19-15(21)4-3-5-16(19)22-27-17-8-9-18(26-17)28(24,25)14-6-7-14/h3-5,8-9,14,22H,6-7,10-13H2,1-2H3. The Balaban J connectivity index is 1.49.